The van der Waals surface area contributed by atoms with Crippen molar-refractivity contribution in [3.8, 4) is 0 Å². The van der Waals surface area contributed by atoms with Crippen molar-refractivity contribution in [2.24, 2.45) is 16.3 Å². The predicted octanol–water partition coefficient (Wildman–Crippen LogP) is 3.58. The van der Waals surface area contributed by atoms with Gasteiger partial charge in [0.25, 0.3) is 0 Å². The van der Waals surface area contributed by atoms with E-state index in [9.17, 15) is 0 Å². The van der Waals surface area contributed by atoms with E-state index in [4.69, 9.17) is 4.74 Å². The number of guanidine groups is 1. The maximum absolute atomic E-state index is 5.34. The highest BCUT2D eigenvalue weighted by Gasteiger charge is 2.33. The molecule has 0 bridgehead atoms. The molecule has 1 aliphatic rings. The molecule has 1 fully saturated rings. The number of methoxy groups -OCH3 is 1. The van der Waals surface area contributed by atoms with Crippen LogP contribution >= 0.6 is 0 Å². The molecule has 0 aliphatic heterocycles. The maximum atomic E-state index is 5.34. The summed E-state index contributed by atoms with van der Waals surface area (Å²) in [5, 5.41) is 7.10. The van der Waals surface area contributed by atoms with Gasteiger partial charge in [-0.3, -0.25) is 9.98 Å². The molecule has 1 atom stereocenters. The topological polar surface area (TPSA) is 58.5 Å². The highest BCUT2D eigenvalue weighted by atomic mass is 16.5. The number of aliphatic imine (C=N–C) groups is 1. The first-order valence-corrected chi connectivity index (χ1v) is 9.93. The van der Waals surface area contributed by atoms with Gasteiger partial charge in [0.05, 0.1) is 0 Å². The van der Waals surface area contributed by atoms with Gasteiger partial charge < -0.3 is 15.4 Å². The third-order valence-electron chi connectivity index (χ3n) is 5.76. The van der Waals surface area contributed by atoms with Gasteiger partial charge >= 0.3 is 0 Å². The van der Waals surface area contributed by atoms with Crippen molar-refractivity contribution in [2.45, 2.75) is 51.9 Å². The van der Waals surface area contributed by atoms with Crippen LogP contribution in [0.2, 0.25) is 0 Å². The van der Waals surface area contributed by atoms with E-state index in [1.807, 2.05) is 25.5 Å². The number of pyridine rings is 1. The van der Waals surface area contributed by atoms with Crippen LogP contribution in [-0.4, -0.2) is 44.8 Å². The van der Waals surface area contributed by atoms with E-state index >= 15 is 0 Å². The fourth-order valence-corrected chi connectivity index (χ4v) is 3.99. The van der Waals surface area contributed by atoms with Crippen LogP contribution in [0.1, 0.15) is 57.4 Å². The Kier molecular flexibility index (Phi) is 8.36. The number of hydrogen-bond donors (Lipinski definition) is 2. The fraction of sp³-hybridized carbons (Fsp3) is 0.714. The van der Waals surface area contributed by atoms with E-state index in [0.29, 0.717) is 17.3 Å². The minimum Gasteiger partial charge on any atom is -0.385 e. The average molecular weight is 361 g/mol. The lowest BCUT2D eigenvalue weighted by molar-refractivity contribution is 0.138. The van der Waals surface area contributed by atoms with Crippen LogP contribution in [0.4, 0.5) is 0 Å². The molecule has 0 amide bonds. The zero-order chi connectivity index (χ0) is 18.8. The molecule has 1 saturated carbocycles. The molecule has 0 aromatic carbocycles. The van der Waals surface area contributed by atoms with E-state index in [-0.39, 0.29) is 0 Å². The van der Waals surface area contributed by atoms with Gasteiger partial charge in [0.2, 0.25) is 0 Å². The average Bonchev–Trinajstić information content (AvgIpc) is 3.12. The molecule has 1 aliphatic carbocycles. The molecular weight excluding hydrogens is 324 g/mol. The van der Waals surface area contributed by atoms with Gasteiger partial charge in [-0.05, 0) is 42.2 Å². The summed E-state index contributed by atoms with van der Waals surface area (Å²) in [7, 11) is 3.64. The number of nitrogens with zero attached hydrogens (tertiary/aromatic N) is 2. The highest BCUT2D eigenvalue weighted by molar-refractivity contribution is 5.79. The third-order valence-corrected chi connectivity index (χ3v) is 5.76. The largest absolute Gasteiger partial charge is 0.385 e. The van der Waals surface area contributed by atoms with Gasteiger partial charge in [-0.25, -0.2) is 0 Å². The summed E-state index contributed by atoms with van der Waals surface area (Å²) in [5.74, 6) is 1.84. The highest BCUT2D eigenvalue weighted by Crippen LogP contribution is 2.40. The number of aromatic nitrogens is 1. The fourth-order valence-electron chi connectivity index (χ4n) is 3.99. The smallest absolute Gasteiger partial charge is 0.191 e. The molecule has 5 heteroatoms. The minimum atomic E-state index is 0.356. The molecule has 1 heterocycles. The van der Waals surface area contributed by atoms with Gasteiger partial charge in [0.1, 0.15) is 0 Å². The van der Waals surface area contributed by atoms with Crippen LogP contribution < -0.4 is 10.6 Å². The normalized spacial score (nSPS) is 18.1. The summed E-state index contributed by atoms with van der Waals surface area (Å²) in [4.78, 5) is 8.71. The van der Waals surface area contributed by atoms with Crippen LogP contribution in [0.3, 0.4) is 0 Å². The lowest BCUT2D eigenvalue weighted by Crippen LogP contribution is -2.44. The van der Waals surface area contributed by atoms with Crippen molar-refractivity contribution in [3.63, 3.8) is 0 Å². The lowest BCUT2D eigenvalue weighted by atomic mass is 9.83. The summed E-state index contributed by atoms with van der Waals surface area (Å²) < 4.78 is 5.34. The zero-order valence-corrected chi connectivity index (χ0v) is 16.9. The van der Waals surface area contributed by atoms with Crippen molar-refractivity contribution in [2.75, 3.05) is 33.9 Å². The maximum Gasteiger partial charge on any atom is 0.191 e. The second kappa shape index (κ2) is 10.5. The van der Waals surface area contributed by atoms with Crippen LogP contribution in [0.15, 0.2) is 29.5 Å². The number of hydrogen-bond acceptors (Lipinski definition) is 3. The molecule has 0 saturated heterocycles. The predicted molar refractivity (Wildman–Crippen MR) is 109 cm³/mol. The summed E-state index contributed by atoms with van der Waals surface area (Å²) in [6.07, 6.45) is 10.1. The monoisotopic (exact) mass is 360 g/mol. The van der Waals surface area contributed by atoms with Crippen molar-refractivity contribution < 1.29 is 4.74 Å². The molecule has 1 unspecified atom stereocenters. The summed E-state index contributed by atoms with van der Waals surface area (Å²) in [5.41, 5.74) is 1.63. The zero-order valence-electron chi connectivity index (χ0n) is 16.9. The van der Waals surface area contributed by atoms with Crippen LogP contribution in [0.25, 0.3) is 0 Å². The van der Waals surface area contributed by atoms with Gasteiger partial charge in [-0.15, -0.1) is 0 Å². The Morgan fingerprint density at radius 1 is 1.31 bits per heavy atom. The molecule has 2 N–H and O–H groups in total. The molecule has 2 rings (SSSR count). The quantitative estimate of drug-likeness (QED) is 0.522. The number of ether oxygens (including phenoxy) is 1. The summed E-state index contributed by atoms with van der Waals surface area (Å²) in [6, 6.07) is 4.17. The molecule has 146 valence electrons. The van der Waals surface area contributed by atoms with Gasteiger partial charge in [-0.1, -0.05) is 32.8 Å². The Balaban J connectivity index is 1.90. The molecule has 5 nitrogen and oxygen atoms in total. The third kappa shape index (κ3) is 5.97. The summed E-state index contributed by atoms with van der Waals surface area (Å²) >= 11 is 0. The Morgan fingerprint density at radius 2 is 2.08 bits per heavy atom. The van der Waals surface area contributed by atoms with E-state index in [0.717, 1.165) is 32.1 Å². The molecule has 0 spiro atoms. The number of rotatable bonds is 9. The van der Waals surface area contributed by atoms with Crippen LogP contribution in [-0.2, 0) is 4.74 Å². The standard InChI is InChI=1S/C21H36N4O/c1-17(2)19(18-8-7-12-23-14-18)15-24-20(22-3)25-16-21(11-13-26-4)9-5-6-10-21/h7-8,12,14,17,19H,5-6,9-11,13,15-16H2,1-4H3,(H2,22,24,25). The molecule has 1 aromatic rings. The minimum absolute atomic E-state index is 0.356. The van der Waals surface area contributed by atoms with E-state index in [1.54, 1.807) is 7.11 Å². The van der Waals surface area contributed by atoms with Gasteiger partial charge in [0.15, 0.2) is 5.96 Å². The van der Waals surface area contributed by atoms with E-state index in [1.165, 1.54) is 31.2 Å². The van der Waals surface area contributed by atoms with Crippen molar-refractivity contribution >= 4 is 5.96 Å². The van der Waals surface area contributed by atoms with Crippen LogP contribution in [0.5, 0.6) is 0 Å². The van der Waals surface area contributed by atoms with Gasteiger partial charge in [-0.2, -0.15) is 0 Å². The SMILES string of the molecule is CN=C(NCC(c1cccnc1)C(C)C)NCC1(CCOC)CCCC1. The molecule has 0 radical (unpaired) electrons. The molecule has 26 heavy (non-hydrogen) atoms. The first-order valence-electron chi connectivity index (χ1n) is 9.93. The molecular formula is C21H36N4O. The van der Waals surface area contributed by atoms with Crippen LogP contribution in [0, 0.1) is 11.3 Å². The van der Waals surface area contributed by atoms with E-state index in [2.05, 4.69) is 40.5 Å². The van der Waals surface area contributed by atoms with Crippen molar-refractivity contribution in [1.29, 1.82) is 0 Å². The second-order valence-corrected chi connectivity index (χ2v) is 7.89. The van der Waals surface area contributed by atoms with Crippen molar-refractivity contribution in [1.82, 2.24) is 15.6 Å². The van der Waals surface area contributed by atoms with E-state index < -0.39 is 0 Å². The second-order valence-electron chi connectivity index (χ2n) is 7.89. The Hall–Kier alpha value is -1.62. The number of nitrogens with one attached hydrogen (secondary N) is 2. The lowest BCUT2D eigenvalue weighted by Gasteiger charge is -2.30. The van der Waals surface area contributed by atoms with Gasteiger partial charge in [0, 0.05) is 52.2 Å². The molecule has 1 aromatic heterocycles. The Labute approximate surface area is 159 Å². The summed E-state index contributed by atoms with van der Waals surface area (Å²) in [6.45, 7) is 7.18. The Morgan fingerprint density at radius 3 is 2.65 bits per heavy atom. The first-order chi connectivity index (χ1) is 12.6. The van der Waals surface area contributed by atoms with Crippen molar-refractivity contribution in [3.05, 3.63) is 30.1 Å². The first kappa shape index (κ1) is 20.7. The Bertz CT molecular complexity index is 538.